The molecule has 0 unspecified atom stereocenters. The van der Waals surface area contributed by atoms with Crippen molar-refractivity contribution < 1.29 is 35.1 Å². The van der Waals surface area contributed by atoms with Gasteiger partial charge in [0.25, 0.3) is 0 Å². The number of carbonyl (C=O) groups is 1. The first-order valence-corrected chi connectivity index (χ1v) is 15.0. The monoisotopic (exact) mass is 598 g/mol. The van der Waals surface area contributed by atoms with Gasteiger partial charge in [-0.05, 0) is 91.2 Å². The highest BCUT2D eigenvalue weighted by Gasteiger charge is 2.51. The van der Waals surface area contributed by atoms with E-state index in [-0.39, 0.29) is 5.57 Å². The van der Waals surface area contributed by atoms with Crippen LogP contribution in [-0.2, 0) is 23.3 Å². The van der Waals surface area contributed by atoms with Crippen molar-refractivity contribution in [1.29, 1.82) is 0 Å². The van der Waals surface area contributed by atoms with E-state index < -0.39 is 49.7 Å². The molecule has 0 aromatic heterocycles. The minimum Gasteiger partial charge on any atom is -0.488 e. The van der Waals surface area contributed by atoms with Crippen LogP contribution in [0.2, 0.25) is 0 Å². The lowest BCUT2D eigenvalue weighted by Gasteiger charge is -2.40. The van der Waals surface area contributed by atoms with Gasteiger partial charge in [-0.2, -0.15) is 17.2 Å². The molecule has 0 amide bonds. The Morgan fingerprint density at radius 3 is 1.74 bits per heavy atom. The van der Waals surface area contributed by atoms with Gasteiger partial charge in [0.05, 0.1) is 6.61 Å². The summed E-state index contributed by atoms with van der Waals surface area (Å²) in [6.07, 6.45) is 0. The van der Waals surface area contributed by atoms with Crippen LogP contribution in [0.25, 0.3) is 0 Å². The molecule has 0 radical (unpaired) electrons. The first-order chi connectivity index (χ1) is 18.2. The van der Waals surface area contributed by atoms with Crippen LogP contribution in [0.1, 0.15) is 20.8 Å². The lowest BCUT2D eigenvalue weighted by Crippen LogP contribution is -2.36. The summed E-state index contributed by atoms with van der Waals surface area (Å²) in [7, 11) is -8.88. The summed E-state index contributed by atoms with van der Waals surface area (Å²) in [6, 6.07) is 23.1. The summed E-state index contributed by atoms with van der Waals surface area (Å²) in [4.78, 5) is 12.2. The third-order valence-corrected chi connectivity index (χ3v) is 10.6. The fourth-order valence-electron chi connectivity index (χ4n) is 3.41. The maximum Gasteiger partial charge on any atom is 0.393 e. The molecule has 39 heavy (non-hydrogen) atoms. The van der Waals surface area contributed by atoms with Crippen molar-refractivity contribution in [3.8, 4) is 5.75 Å². The molecule has 0 N–H and O–H groups in total. The average Bonchev–Trinajstić information content (AvgIpc) is 2.87. The summed E-state index contributed by atoms with van der Waals surface area (Å²) >= 11 is 5.25. The molecule has 6 nitrogen and oxygen atoms in total. The number of carbonyl (C=O) groups excluding carboxylic acids is 1. The summed E-state index contributed by atoms with van der Waals surface area (Å²) in [5.74, 6) is 0.510. The molecule has 0 atom stereocenters. The smallest absolute Gasteiger partial charge is 0.393 e. The minimum atomic E-state index is -5.62. The number of hydrogen-bond acceptors (Lipinski definition) is 6. The maximum atomic E-state index is 15.2. The van der Waals surface area contributed by atoms with Crippen LogP contribution in [0.3, 0.4) is 0 Å². The van der Waals surface area contributed by atoms with E-state index in [2.05, 4.69) is 6.58 Å². The van der Waals surface area contributed by atoms with Crippen molar-refractivity contribution in [2.24, 2.45) is 0 Å². The Morgan fingerprint density at radius 2 is 1.31 bits per heavy atom. The number of ether oxygens (including phenoxy) is 2. The van der Waals surface area contributed by atoms with Crippen LogP contribution < -0.4 is 4.74 Å². The van der Waals surface area contributed by atoms with E-state index in [0.717, 1.165) is 0 Å². The van der Waals surface area contributed by atoms with E-state index in [1.165, 1.54) is 0 Å². The summed E-state index contributed by atoms with van der Waals surface area (Å²) in [5, 5.41) is -5.45. The second kappa shape index (κ2) is 12.2. The van der Waals surface area contributed by atoms with Crippen LogP contribution in [0, 0.1) is 0 Å². The number of halogens is 3. The highest BCUT2D eigenvalue weighted by molar-refractivity contribution is 8.33. The lowest BCUT2D eigenvalue weighted by atomic mass is 10.2. The van der Waals surface area contributed by atoms with Gasteiger partial charge in [0.1, 0.15) is 18.0 Å². The molecule has 0 saturated carbocycles. The third kappa shape index (κ3) is 7.46. The molecule has 3 rings (SSSR count). The van der Waals surface area contributed by atoms with Crippen molar-refractivity contribution in [1.82, 2.24) is 0 Å². The predicted molar refractivity (Wildman–Crippen MR) is 148 cm³/mol. The first kappa shape index (κ1) is 30.8. The zero-order valence-electron chi connectivity index (χ0n) is 21.6. The zero-order chi connectivity index (χ0) is 28.9. The number of rotatable bonds is 12. The van der Waals surface area contributed by atoms with Crippen LogP contribution in [0.5, 0.6) is 5.75 Å². The molecular weight excluding hydrogens is 570 g/mol. The Kier molecular flexibility index (Phi) is 9.61. The van der Waals surface area contributed by atoms with Crippen molar-refractivity contribution in [3.05, 3.63) is 97.1 Å². The number of hydrogen-bond donors (Lipinski definition) is 0. The van der Waals surface area contributed by atoms with Crippen LogP contribution in [0.4, 0.5) is 8.78 Å². The second-order valence-electron chi connectivity index (χ2n) is 9.40. The Morgan fingerprint density at radius 1 is 0.846 bits per heavy atom. The van der Waals surface area contributed by atoms with E-state index in [1.54, 1.807) is 84.9 Å². The first-order valence-electron chi connectivity index (χ1n) is 11.7. The molecule has 0 bridgehead atoms. The van der Waals surface area contributed by atoms with Crippen molar-refractivity contribution in [3.63, 3.8) is 0 Å². The van der Waals surface area contributed by atoms with Crippen LogP contribution >= 0.6 is 21.9 Å². The van der Waals surface area contributed by atoms with Crippen LogP contribution in [-0.4, -0.2) is 37.7 Å². The molecule has 3 aromatic rings. The number of benzene rings is 3. The lowest BCUT2D eigenvalue weighted by molar-refractivity contribution is -0.109. The van der Waals surface area contributed by atoms with Gasteiger partial charge in [-0.25, -0.2) is 3.63 Å². The van der Waals surface area contributed by atoms with E-state index in [4.69, 9.17) is 24.7 Å². The summed E-state index contributed by atoms with van der Waals surface area (Å²) in [6.45, 7) is 6.70. The van der Waals surface area contributed by atoms with Crippen molar-refractivity contribution in [2.75, 3.05) is 13.2 Å². The highest BCUT2D eigenvalue weighted by Crippen LogP contribution is 2.70. The molecule has 11 heteroatoms. The van der Waals surface area contributed by atoms with E-state index in [9.17, 15) is 13.2 Å². The fourth-order valence-corrected chi connectivity index (χ4v) is 8.52. The number of alkyl halides is 2. The van der Waals surface area contributed by atoms with Gasteiger partial charge in [-0.1, -0.05) is 43.0 Å². The molecular formula is C28H29ClF2O6S2. The quantitative estimate of drug-likeness (QED) is 0.160. The zero-order valence-corrected chi connectivity index (χ0v) is 24.0. The largest absolute Gasteiger partial charge is 0.488 e. The van der Waals surface area contributed by atoms with Gasteiger partial charge in [-0.15, -0.1) is 0 Å². The molecule has 3 aromatic carbocycles. The predicted octanol–water partition coefficient (Wildman–Crippen LogP) is 7.34. The Hall–Kier alpha value is -2.76. The Balaban J connectivity index is 2.14. The van der Waals surface area contributed by atoms with E-state index in [1.807, 2.05) is 20.8 Å². The topological polar surface area (TPSA) is 78.9 Å². The molecule has 210 valence electrons. The molecule has 0 aliphatic carbocycles. The molecule has 0 aliphatic rings. The van der Waals surface area contributed by atoms with Gasteiger partial charge >= 0.3 is 15.4 Å². The third-order valence-electron chi connectivity index (χ3n) is 5.11. The van der Waals surface area contributed by atoms with Crippen LogP contribution in [0.15, 0.2) is 112 Å². The van der Waals surface area contributed by atoms with Gasteiger partial charge < -0.3 is 9.47 Å². The standard InChI is InChI=1S/C28H29ClF2O6S2/c1-21(26(29)32)19-35-20-28(30,31)39(33,34)37-38(23-11-7-5-8-12-23,24-13-9-6-10-14-24)25-17-15-22(16-18-25)36-27(2,3)4/h5-18H,1,19-20H2,2-4H3. The molecule has 0 spiro atoms. The van der Waals surface area contributed by atoms with E-state index >= 15 is 8.78 Å². The van der Waals surface area contributed by atoms with E-state index in [0.29, 0.717) is 20.4 Å². The SMILES string of the molecule is C=C(COCC(F)(F)S(=O)(=O)OS(c1ccccc1)(c1ccccc1)c1ccc(OC(C)(C)C)cc1)C(=O)Cl. The highest BCUT2D eigenvalue weighted by atomic mass is 35.5. The average molecular weight is 599 g/mol. The molecule has 0 aliphatic heterocycles. The van der Waals surface area contributed by atoms with Gasteiger partial charge in [0.15, 0.2) is 0 Å². The molecule has 0 saturated heterocycles. The minimum absolute atomic E-state index is 0.295. The van der Waals surface area contributed by atoms with Gasteiger partial charge in [-0.3, -0.25) is 4.79 Å². The van der Waals surface area contributed by atoms with Gasteiger partial charge in [0.2, 0.25) is 5.24 Å². The normalized spacial score (nSPS) is 13.1. The van der Waals surface area contributed by atoms with Crippen molar-refractivity contribution >= 4 is 37.3 Å². The van der Waals surface area contributed by atoms with Crippen molar-refractivity contribution in [2.45, 2.75) is 46.3 Å². The van der Waals surface area contributed by atoms with Gasteiger partial charge in [0, 0.05) is 20.3 Å². The molecule has 0 fully saturated rings. The maximum absolute atomic E-state index is 15.2. The molecule has 0 heterocycles. The summed E-state index contributed by atoms with van der Waals surface area (Å²) < 4.78 is 73.3. The Bertz CT molecular complexity index is 1350. The summed E-state index contributed by atoms with van der Waals surface area (Å²) in [5.41, 5.74) is -0.789. The second-order valence-corrected chi connectivity index (χ2v) is 14.3. The Labute approximate surface area is 234 Å². The fraction of sp³-hybridized carbons (Fsp3) is 0.250.